The summed E-state index contributed by atoms with van der Waals surface area (Å²) in [5.74, 6) is 1.38. The second kappa shape index (κ2) is 25.0. The van der Waals surface area contributed by atoms with Crippen molar-refractivity contribution >= 4 is 117 Å². The second-order valence-corrected chi connectivity index (χ2v) is 30.0. The van der Waals surface area contributed by atoms with Crippen molar-refractivity contribution in [2.24, 2.45) is 10.8 Å². The minimum Gasteiger partial charge on any atom is -0.400 e. The molecule has 6 aromatic rings. The standard InChI is InChI=1S/C28H35ClN7O3P.C28H37ClN7OP.CH4O/c1-34(2)20-11-13-28(14-12-20)17-35(18-28)23-10-9-19(15-24(23)36(37)38)31-27-30-16-21(29)26(33-27)32-22-7-5-6-8-25(22)40(3,4)39;1-35(2)20-11-13-28(14-12-20)17-36(18-28)24-10-9-19(15-22(24)30)32-27-31-16-21(29)26(34-27)33-23-7-5-6-8-25(23)38(3,4)37;1-2/h5-10,15-16,20H,11-14,17-18H2,1-4H3,(H2,30,31,32,33);5-10,15-16,20H,11-14,17-18,30H2,1-4H3,(H2,31,32,33,34);2H,1H3. The molecule has 2 aliphatic heterocycles. The Morgan fingerprint density at radius 3 is 1.40 bits per heavy atom. The number of nitrogens with two attached hydrogens (primary N) is 1. The molecule has 19 nitrogen and oxygen atoms in total. The van der Waals surface area contributed by atoms with Crippen LogP contribution in [0.4, 0.5) is 69.0 Å². The number of para-hydroxylation sites is 2. The summed E-state index contributed by atoms with van der Waals surface area (Å²) in [5, 5.41) is 33.8. The Morgan fingerprint density at radius 2 is 1.01 bits per heavy atom. The fourth-order valence-corrected chi connectivity index (χ4v) is 14.1. The van der Waals surface area contributed by atoms with Crippen molar-refractivity contribution in [3.8, 4) is 0 Å². The van der Waals surface area contributed by atoms with Crippen LogP contribution >= 0.6 is 37.5 Å². The monoisotopic (exact) mass is 1170 g/mol. The van der Waals surface area contributed by atoms with Gasteiger partial charge in [0.2, 0.25) is 11.9 Å². The van der Waals surface area contributed by atoms with Crippen molar-refractivity contribution in [1.82, 2.24) is 29.7 Å². The first-order valence-corrected chi connectivity index (χ1v) is 32.8. The van der Waals surface area contributed by atoms with Gasteiger partial charge in [-0.2, -0.15) is 9.97 Å². The molecule has 2 aliphatic carbocycles. The zero-order chi connectivity index (χ0) is 57.7. The molecule has 23 heteroatoms. The number of halogens is 2. The lowest BCUT2D eigenvalue weighted by molar-refractivity contribution is -0.384. The van der Waals surface area contributed by atoms with Crippen LogP contribution in [0.2, 0.25) is 10.0 Å². The topological polar surface area (TPSA) is 236 Å². The van der Waals surface area contributed by atoms with Crippen LogP contribution in [0.1, 0.15) is 51.4 Å². The number of aliphatic hydroxyl groups excluding tert-OH is 1. The van der Waals surface area contributed by atoms with Crippen LogP contribution in [0.3, 0.4) is 0 Å². The fourth-order valence-electron chi connectivity index (χ4n) is 11.5. The number of anilines is 11. The van der Waals surface area contributed by atoms with E-state index in [1.807, 2.05) is 60.7 Å². The molecule has 80 heavy (non-hydrogen) atoms. The number of aliphatic hydroxyl groups is 1. The molecule has 428 valence electrons. The van der Waals surface area contributed by atoms with Crippen LogP contribution in [0.5, 0.6) is 0 Å². The summed E-state index contributed by atoms with van der Waals surface area (Å²) in [5.41, 5.74) is 12.3. The second-order valence-electron chi connectivity index (χ2n) is 22.9. The van der Waals surface area contributed by atoms with Crippen LogP contribution in [-0.2, 0) is 9.13 Å². The van der Waals surface area contributed by atoms with Crippen LogP contribution in [-0.4, -0.2) is 140 Å². The first-order valence-electron chi connectivity index (χ1n) is 26.8. The number of nitrogens with one attached hydrogen (secondary N) is 4. The van der Waals surface area contributed by atoms with E-state index in [9.17, 15) is 19.2 Å². The Morgan fingerprint density at radius 1 is 0.625 bits per heavy atom. The summed E-state index contributed by atoms with van der Waals surface area (Å²) in [6.07, 6.45) is 12.8. The number of nitro benzene ring substituents is 1. The highest BCUT2D eigenvalue weighted by Crippen LogP contribution is 2.50. The molecule has 0 radical (unpaired) electrons. The molecule has 10 rings (SSSR count). The number of nitro groups is 1. The third-order valence-electron chi connectivity index (χ3n) is 16.0. The van der Waals surface area contributed by atoms with E-state index in [4.69, 9.17) is 34.0 Å². The van der Waals surface area contributed by atoms with E-state index in [1.54, 1.807) is 45.0 Å². The quantitative estimate of drug-likeness (QED) is 0.0243. The van der Waals surface area contributed by atoms with Crippen molar-refractivity contribution < 1.29 is 19.2 Å². The Kier molecular flexibility index (Phi) is 18.8. The molecule has 4 aromatic carbocycles. The maximum Gasteiger partial charge on any atom is 0.294 e. The van der Waals surface area contributed by atoms with Gasteiger partial charge < -0.3 is 60.8 Å². The molecule has 4 fully saturated rings. The largest absolute Gasteiger partial charge is 0.400 e. The fraction of sp³-hybridized carbons (Fsp3) is 0.439. The minimum absolute atomic E-state index is 0.0460. The Balaban J connectivity index is 0.000000204. The highest BCUT2D eigenvalue weighted by Gasteiger charge is 2.47. The first kappa shape index (κ1) is 60.1. The third kappa shape index (κ3) is 14.2. The molecular formula is C57H76Cl2N14O5P2. The lowest BCUT2D eigenvalue weighted by Crippen LogP contribution is -2.59. The predicted octanol–water partition coefficient (Wildman–Crippen LogP) is 11.5. The van der Waals surface area contributed by atoms with Crippen LogP contribution < -0.4 is 47.4 Å². The Hall–Kier alpha value is -6.04. The molecule has 0 bridgehead atoms. The number of hydrogen-bond donors (Lipinski definition) is 6. The molecule has 0 unspecified atom stereocenters. The van der Waals surface area contributed by atoms with Gasteiger partial charge in [0.25, 0.3) is 5.69 Å². The van der Waals surface area contributed by atoms with E-state index in [0.717, 1.165) is 68.5 Å². The molecule has 0 amide bonds. The summed E-state index contributed by atoms with van der Waals surface area (Å²) < 4.78 is 25.5. The van der Waals surface area contributed by atoms with Gasteiger partial charge in [-0.3, -0.25) is 10.1 Å². The molecule has 4 heterocycles. The molecule has 4 aliphatic rings. The lowest BCUT2D eigenvalue weighted by atomic mass is 9.67. The van der Waals surface area contributed by atoms with Crippen molar-refractivity contribution in [2.45, 2.75) is 63.5 Å². The van der Waals surface area contributed by atoms with E-state index in [0.29, 0.717) is 68.2 Å². The number of rotatable bonds is 15. The number of nitrogens with zero attached hydrogens (tertiary/aromatic N) is 9. The van der Waals surface area contributed by atoms with Gasteiger partial charge in [-0.1, -0.05) is 47.5 Å². The van der Waals surface area contributed by atoms with Crippen molar-refractivity contribution in [2.75, 3.05) is 125 Å². The van der Waals surface area contributed by atoms with E-state index >= 15 is 0 Å². The summed E-state index contributed by atoms with van der Waals surface area (Å²) in [7, 11) is 4.60. The molecule has 7 N–H and O–H groups in total. The number of aromatic nitrogens is 4. The number of hydrogen-bond acceptors (Lipinski definition) is 18. The van der Waals surface area contributed by atoms with Crippen molar-refractivity contribution in [3.05, 3.63) is 117 Å². The normalized spacial score (nSPS) is 17.6. The number of benzene rings is 4. The Bertz CT molecular complexity index is 3260. The van der Waals surface area contributed by atoms with E-state index in [-0.39, 0.29) is 27.0 Å². The van der Waals surface area contributed by atoms with Crippen molar-refractivity contribution in [3.63, 3.8) is 0 Å². The van der Waals surface area contributed by atoms with Gasteiger partial charge in [-0.15, -0.1) is 0 Å². The SMILES string of the molecule is CN(C)C1CCC2(CC1)CN(c1ccc(Nc3ncc(Cl)c(Nc4ccccc4P(C)(C)=O)n3)cc1N)C2.CN(C)C1CCC2(CC1)CN(c1ccc(Nc3ncc(Cl)c(Nc4ccccc4P(C)(C)=O)n3)cc1[N+](=O)[O-])C2.CO. The highest BCUT2D eigenvalue weighted by molar-refractivity contribution is 7.70. The van der Waals surface area contributed by atoms with Gasteiger partial charge in [0.15, 0.2) is 11.6 Å². The number of nitrogen functional groups attached to an aromatic ring is 1. The summed E-state index contributed by atoms with van der Waals surface area (Å²) in [4.78, 5) is 38.5. The van der Waals surface area contributed by atoms with Gasteiger partial charge in [0, 0.05) is 84.3 Å². The molecule has 2 saturated carbocycles. The average Bonchev–Trinajstić information content (AvgIpc) is 3.61. The summed E-state index contributed by atoms with van der Waals surface area (Å²) >= 11 is 12.8. The van der Waals surface area contributed by atoms with E-state index in [2.05, 4.69) is 95.1 Å². The van der Waals surface area contributed by atoms with E-state index in [1.165, 1.54) is 50.8 Å². The summed E-state index contributed by atoms with van der Waals surface area (Å²) in [6.45, 7) is 10.7. The zero-order valence-electron chi connectivity index (χ0n) is 47.2. The molecule has 0 atom stereocenters. The highest BCUT2D eigenvalue weighted by atomic mass is 35.5. The van der Waals surface area contributed by atoms with E-state index < -0.39 is 14.3 Å². The molecule has 2 aromatic heterocycles. The molecule has 2 saturated heterocycles. The maximum atomic E-state index is 12.8. The lowest BCUT2D eigenvalue weighted by Gasteiger charge is -2.55. The molecule has 2 spiro atoms. The van der Waals surface area contributed by atoms with Gasteiger partial charge in [0.05, 0.1) is 40.1 Å². The zero-order valence-corrected chi connectivity index (χ0v) is 50.5. The smallest absolute Gasteiger partial charge is 0.294 e. The van der Waals surface area contributed by atoms with Gasteiger partial charge in [-0.05, 0) is 161 Å². The first-order chi connectivity index (χ1) is 38.0. The van der Waals surface area contributed by atoms with Gasteiger partial charge in [-0.25, -0.2) is 9.97 Å². The van der Waals surface area contributed by atoms with Crippen LogP contribution in [0.25, 0.3) is 0 Å². The average molecular weight is 1170 g/mol. The summed E-state index contributed by atoms with van der Waals surface area (Å²) in [6, 6.07) is 27.2. The third-order valence-corrected chi connectivity index (χ3v) is 19.6. The molecular weight excluding hydrogens is 1090 g/mol. The van der Waals surface area contributed by atoms with Crippen LogP contribution in [0, 0.1) is 20.9 Å². The Labute approximate surface area is 480 Å². The minimum atomic E-state index is -2.55. The van der Waals surface area contributed by atoms with Gasteiger partial charge >= 0.3 is 0 Å². The maximum absolute atomic E-state index is 12.8. The van der Waals surface area contributed by atoms with Crippen LogP contribution in [0.15, 0.2) is 97.3 Å². The van der Waals surface area contributed by atoms with Gasteiger partial charge in [0.1, 0.15) is 30.0 Å². The predicted molar refractivity (Wildman–Crippen MR) is 332 cm³/mol. The van der Waals surface area contributed by atoms with Crippen molar-refractivity contribution in [1.29, 1.82) is 0 Å².